The van der Waals surface area contributed by atoms with Gasteiger partial charge in [0.05, 0.1) is 16.5 Å². The van der Waals surface area contributed by atoms with Crippen LogP contribution in [-0.4, -0.2) is 31.2 Å². The monoisotopic (exact) mass is 264 g/mol. The van der Waals surface area contributed by atoms with Crippen molar-refractivity contribution in [3.8, 4) is 5.69 Å². The highest BCUT2D eigenvalue weighted by Gasteiger charge is 2.12. The summed E-state index contributed by atoms with van der Waals surface area (Å²) in [7, 11) is -1.18. The molecular formula is C13H16N2O2S. The maximum absolute atomic E-state index is 12.1. The maximum Gasteiger partial charge on any atom is 0.203 e. The summed E-state index contributed by atoms with van der Waals surface area (Å²) in [6.07, 6.45) is 3.99. The normalized spacial score (nSPS) is 12.6. The predicted molar refractivity (Wildman–Crippen MR) is 71.3 cm³/mol. The minimum Gasteiger partial charge on any atom is -0.396 e. The highest BCUT2D eigenvalue weighted by molar-refractivity contribution is 7.84. The van der Waals surface area contributed by atoms with Crippen LogP contribution in [0.5, 0.6) is 0 Å². The number of imidazole rings is 1. The molecule has 96 valence electrons. The molecular weight excluding hydrogens is 248 g/mol. The molecule has 4 nitrogen and oxygen atoms in total. The van der Waals surface area contributed by atoms with Crippen LogP contribution in [0, 0.1) is 6.92 Å². The molecule has 2 aromatic rings. The van der Waals surface area contributed by atoms with E-state index < -0.39 is 10.8 Å². The van der Waals surface area contributed by atoms with Crippen LogP contribution in [0.3, 0.4) is 0 Å². The zero-order valence-corrected chi connectivity index (χ0v) is 11.1. The van der Waals surface area contributed by atoms with Crippen LogP contribution in [0.25, 0.3) is 5.69 Å². The van der Waals surface area contributed by atoms with Crippen LogP contribution in [-0.2, 0) is 10.8 Å². The molecule has 0 saturated heterocycles. The summed E-state index contributed by atoms with van der Waals surface area (Å²) in [6, 6.07) is 7.90. The van der Waals surface area contributed by atoms with Crippen LogP contribution in [0.4, 0.5) is 0 Å². The van der Waals surface area contributed by atoms with Gasteiger partial charge in [-0.3, -0.25) is 8.78 Å². The Balaban J connectivity index is 2.34. The van der Waals surface area contributed by atoms with Crippen molar-refractivity contribution in [1.29, 1.82) is 0 Å². The van der Waals surface area contributed by atoms with E-state index in [2.05, 4.69) is 4.98 Å². The Morgan fingerprint density at radius 3 is 2.89 bits per heavy atom. The number of rotatable bonds is 5. The van der Waals surface area contributed by atoms with Gasteiger partial charge < -0.3 is 5.11 Å². The second-order valence-corrected chi connectivity index (χ2v) is 5.46. The molecule has 1 aromatic carbocycles. The van der Waals surface area contributed by atoms with Gasteiger partial charge in [0.1, 0.15) is 0 Å². The van der Waals surface area contributed by atoms with Gasteiger partial charge in [-0.2, -0.15) is 0 Å². The molecule has 0 aliphatic carbocycles. The highest BCUT2D eigenvalue weighted by atomic mass is 32.2. The molecule has 0 bridgehead atoms. The Morgan fingerprint density at radius 1 is 1.39 bits per heavy atom. The third-order valence-electron chi connectivity index (χ3n) is 2.67. The first-order valence-corrected chi connectivity index (χ1v) is 7.14. The summed E-state index contributed by atoms with van der Waals surface area (Å²) in [5, 5.41) is 9.32. The van der Waals surface area contributed by atoms with Gasteiger partial charge in [0.2, 0.25) is 5.16 Å². The van der Waals surface area contributed by atoms with E-state index >= 15 is 0 Å². The lowest BCUT2D eigenvalue weighted by atomic mass is 10.2. The Morgan fingerprint density at radius 2 is 2.17 bits per heavy atom. The number of aliphatic hydroxyl groups is 1. The van der Waals surface area contributed by atoms with Gasteiger partial charge in [0.15, 0.2) is 0 Å². The maximum atomic E-state index is 12.1. The number of aromatic nitrogens is 2. The van der Waals surface area contributed by atoms with Crippen molar-refractivity contribution in [3.05, 3.63) is 42.2 Å². The van der Waals surface area contributed by atoms with Crippen LogP contribution in [0.15, 0.2) is 41.8 Å². The Labute approximate surface area is 109 Å². The van der Waals surface area contributed by atoms with E-state index in [0.717, 1.165) is 11.3 Å². The van der Waals surface area contributed by atoms with Crippen molar-refractivity contribution in [2.24, 2.45) is 0 Å². The number of para-hydroxylation sites is 1. The number of hydrogen-bond acceptors (Lipinski definition) is 3. The zero-order chi connectivity index (χ0) is 13.0. The summed E-state index contributed by atoms with van der Waals surface area (Å²) in [6.45, 7) is 2.06. The first-order valence-electron chi connectivity index (χ1n) is 5.82. The van der Waals surface area contributed by atoms with E-state index in [0.29, 0.717) is 17.3 Å². The van der Waals surface area contributed by atoms with Crippen molar-refractivity contribution >= 4 is 10.8 Å². The predicted octanol–water partition coefficient (Wildman–Crippen LogP) is 1.67. The quantitative estimate of drug-likeness (QED) is 0.893. The van der Waals surface area contributed by atoms with E-state index in [9.17, 15) is 4.21 Å². The summed E-state index contributed by atoms with van der Waals surface area (Å²) in [5.74, 6) is 0.430. The van der Waals surface area contributed by atoms with Gasteiger partial charge in [0.25, 0.3) is 0 Å². The summed E-state index contributed by atoms with van der Waals surface area (Å²) < 4.78 is 13.9. The molecule has 0 aliphatic rings. The number of aryl methyl sites for hydroxylation is 1. The van der Waals surface area contributed by atoms with Gasteiger partial charge in [-0.1, -0.05) is 18.2 Å². The molecule has 0 radical (unpaired) electrons. The SMILES string of the molecule is Cc1ccccc1-n1ccnc1S(=O)CCCO. The van der Waals surface area contributed by atoms with Crippen LogP contribution in [0.1, 0.15) is 12.0 Å². The van der Waals surface area contributed by atoms with Crippen LogP contribution in [0.2, 0.25) is 0 Å². The number of aliphatic hydroxyl groups excluding tert-OH is 1. The fourth-order valence-electron chi connectivity index (χ4n) is 1.76. The van der Waals surface area contributed by atoms with Crippen molar-refractivity contribution in [3.63, 3.8) is 0 Å². The lowest BCUT2D eigenvalue weighted by Gasteiger charge is -2.09. The van der Waals surface area contributed by atoms with Crippen molar-refractivity contribution in [1.82, 2.24) is 9.55 Å². The Hall–Kier alpha value is -1.46. The summed E-state index contributed by atoms with van der Waals surface area (Å²) >= 11 is 0. The lowest BCUT2D eigenvalue weighted by molar-refractivity contribution is 0.296. The smallest absolute Gasteiger partial charge is 0.203 e. The van der Waals surface area contributed by atoms with Gasteiger partial charge in [0, 0.05) is 24.8 Å². The molecule has 5 heteroatoms. The zero-order valence-electron chi connectivity index (χ0n) is 10.2. The third-order valence-corrected chi connectivity index (χ3v) is 4.04. The van der Waals surface area contributed by atoms with E-state index in [1.807, 2.05) is 42.0 Å². The Bertz CT molecular complexity index is 551. The molecule has 0 saturated carbocycles. The summed E-state index contributed by atoms with van der Waals surface area (Å²) in [5.41, 5.74) is 2.10. The van der Waals surface area contributed by atoms with E-state index in [1.54, 1.807) is 6.20 Å². The van der Waals surface area contributed by atoms with E-state index in [1.165, 1.54) is 0 Å². The fourth-order valence-corrected chi connectivity index (χ4v) is 2.89. The third kappa shape index (κ3) is 2.68. The van der Waals surface area contributed by atoms with Crippen molar-refractivity contribution in [2.45, 2.75) is 18.5 Å². The standard InChI is InChI=1S/C13H16N2O2S/c1-11-5-2-3-6-12(11)15-8-7-14-13(15)18(17)10-4-9-16/h2-3,5-8,16H,4,9-10H2,1H3. The first-order chi connectivity index (χ1) is 8.74. The molecule has 0 aliphatic heterocycles. The molecule has 1 unspecified atom stereocenters. The molecule has 0 amide bonds. The average Bonchev–Trinajstić information content (AvgIpc) is 2.85. The second kappa shape index (κ2) is 5.93. The average molecular weight is 264 g/mol. The number of hydrogen-bond donors (Lipinski definition) is 1. The van der Waals surface area contributed by atoms with Gasteiger partial charge in [-0.15, -0.1) is 0 Å². The van der Waals surface area contributed by atoms with Gasteiger partial charge in [-0.05, 0) is 25.0 Å². The lowest BCUT2D eigenvalue weighted by Crippen LogP contribution is -2.08. The molecule has 1 atom stereocenters. The number of nitrogens with zero attached hydrogens (tertiary/aromatic N) is 2. The molecule has 1 N–H and O–H groups in total. The molecule has 0 spiro atoms. The minimum atomic E-state index is -1.18. The minimum absolute atomic E-state index is 0.0524. The molecule has 0 fully saturated rings. The largest absolute Gasteiger partial charge is 0.396 e. The fraction of sp³-hybridized carbons (Fsp3) is 0.308. The topological polar surface area (TPSA) is 55.1 Å². The van der Waals surface area contributed by atoms with Crippen molar-refractivity contribution < 1.29 is 9.32 Å². The second-order valence-electron chi connectivity index (χ2n) is 3.99. The van der Waals surface area contributed by atoms with Gasteiger partial charge in [-0.25, -0.2) is 4.98 Å². The highest BCUT2D eigenvalue weighted by Crippen LogP contribution is 2.17. The van der Waals surface area contributed by atoms with Crippen LogP contribution < -0.4 is 0 Å². The van der Waals surface area contributed by atoms with E-state index in [4.69, 9.17) is 5.11 Å². The Kier molecular flexibility index (Phi) is 4.28. The molecule has 1 aromatic heterocycles. The molecule has 1 heterocycles. The van der Waals surface area contributed by atoms with Crippen LogP contribution >= 0.6 is 0 Å². The van der Waals surface area contributed by atoms with Gasteiger partial charge >= 0.3 is 0 Å². The molecule has 2 rings (SSSR count). The van der Waals surface area contributed by atoms with E-state index in [-0.39, 0.29) is 6.61 Å². The first kappa shape index (κ1) is 13.0. The summed E-state index contributed by atoms with van der Waals surface area (Å²) in [4.78, 5) is 4.17. The van der Waals surface area contributed by atoms with Crippen molar-refractivity contribution in [2.75, 3.05) is 12.4 Å². The number of benzene rings is 1. The molecule has 18 heavy (non-hydrogen) atoms.